The summed E-state index contributed by atoms with van der Waals surface area (Å²) in [5, 5.41) is 36.3. The number of carboxylic acid groups (broad SMARTS) is 2. The van der Waals surface area contributed by atoms with Crippen molar-refractivity contribution >= 4 is 35.1 Å². The van der Waals surface area contributed by atoms with E-state index in [2.05, 4.69) is 0 Å². The maximum Gasteiger partial charge on any atom is 0.303 e. The van der Waals surface area contributed by atoms with Gasteiger partial charge >= 0.3 is 11.9 Å². The van der Waals surface area contributed by atoms with E-state index < -0.39 is 11.9 Å². The molecule has 0 aliphatic heterocycles. The molecular formula is C18H26ClNO6. The van der Waals surface area contributed by atoms with E-state index in [0.29, 0.717) is 12.1 Å². The Morgan fingerprint density at radius 3 is 1.85 bits per heavy atom. The SMILES string of the molecule is CCC(=O)O.CCC(=O)O.Cc1c(O)c(O)cc2ccc(CN)cc12.Cl. The minimum Gasteiger partial charge on any atom is -0.504 e. The second-order valence-corrected chi connectivity index (χ2v) is 5.12. The average Bonchev–Trinajstić information content (AvgIpc) is 2.60. The van der Waals surface area contributed by atoms with Crippen LogP contribution in [0, 0.1) is 6.92 Å². The highest BCUT2D eigenvalue weighted by Gasteiger charge is 2.08. The molecule has 0 atom stereocenters. The van der Waals surface area contributed by atoms with Gasteiger partial charge in [-0.1, -0.05) is 26.0 Å². The van der Waals surface area contributed by atoms with Crippen molar-refractivity contribution < 1.29 is 30.0 Å². The summed E-state index contributed by atoms with van der Waals surface area (Å²) in [6.07, 6.45) is 0.444. The van der Waals surface area contributed by atoms with Crippen molar-refractivity contribution in [3.8, 4) is 11.5 Å². The fraction of sp³-hybridized carbons (Fsp3) is 0.333. The summed E-state index contributed by atoms with van der Waals surface area (Å²) in [5.74, 6) is -1.63. The fourth-order valence-corrected chi connectivity index (χ4v) is 1.72. The standard InChI is InChI=1S/C12H13NO2.2C3H6O2.ClH/c1-7-10-4-8(6-13)2-3-9(10)5-11(14)12(7)15;2*1-2-3(4)5;/h2-5,14-15H,6,13H2,1H3;2*2H2,1H3,(H,4,5);1H. The molecule has 0 unspecified atom stereocenters. The van der Waals surface area contributed by atoms with Gasteiger partial charge in [-0.15, -0.1) is 12.4 Å². The Kier molecular flexibility index (Phi) is 12.7. The van der Waals surface area contributed by atoms with Gasteiger partial charge in [0.1, 0.15) is 0 Å². The van der Waals surface area contributed by atoms with E-state index in [-0.39, 0.29) is 36.7 Å². The number of hydrogen-bond donors (Lipinski definition) is 5. The Hall–Kier alpha value is -2.51. The Morgan fingerprint density at radius 1 is 1.00 bits per heavy atom. The number of hydrogen-bond acceptors (Lipinski definition) is 5. The topological polar surface area (TPSA) is 141 Å². The number of nitrogens with two attached hydrogens (primary N) is 1. The van der Waals surface area contributed by atoms with E-state index in [1.807, 2.05) is 18.2 Å². The summed E-state index contributed by atoms with van der Waals surface area (Å²) < 4.78 is 0. The molecule has 0 amide bonds. The largest absolute Gasteiger partial charge is 0.504 e. The first-order chi connectivity index (χ1) is 11.7. The smallest absolute Gasteiger partial charge is 0.303 e. The van der Waals surface area contributed by atoms with Gasteiger partial charge in [0.25, 0.3) is 0 Å². The zero-order valence-corrected chi connectivity index (χ0v) is 15.8. The molecule has 8 heteroatoms. The highest BCUT2D eigenvalue weighted by atomic mass is 35.5. The summed E-state index contributed by atoms with van der Waals surface area (Å²) in [5.41, 5.74) is 7.24. The van der Waals surface area contributed by atoms with Crippen molar-refractivity contribution in [2.45, 2.75) is 40.2 Å². The van der Waals surface area contributed by atoms with E-state index in [1.54, 1.807) is 26.8 Å². The molecule has 0 fully saturated rings. The van der Waals surface area contributed by atoms with Crippen LogP contribution in [0.5, 0.6) is 11.5 Å². The summed E-state index contributed by atoms with van der Waals surface area (Å²) in [7, 11) is 0. The lowest BCUT2D eigenvalue weighted by Crippen LogP contribution is -1.95. The van der Waals surface area contributed by atoms with Crippen LogP contribution in [0.4, 0.5) is 0 Å². The zero-order chi connectivity index (χ0) is 19.6. The Morgan fingerprint density at radius 2 is 1.46 bits per heavy atom. The van der Waals surface area contributed by atoms with Crippen LogP contribution in [0.2, 0.25) is 0 Å². The lowest BCUT2D eigenvalue weighted by atomic mass is 10.0. The molecule has 7 nitrogen and oxygen atoms in total. The molecule has 0 bridgehead atoms. The van der Waals surface area contributed by atoms with Gasteiger partial charge in [-0.25, -0.2) is 0 Å². The third kappa shape index (κ3) is 8.55. The monoisotopic (exact) mass is 387 g/mol. The molecular weight excluding hydrogens is 362 g/mol. The van der Waals surface area contributed by atoms with Crippen LogP contribution < -0.4 is 5.73 Å². The molecule has 0 spiro atoms. The summed E-state index contributed by atoms with van der Waals surface area (Å²) in [6, 6.07) is 7.30. The fourth-order valence-electron chi connectivity index (χ4n) is 1.72. The van der Waals surface area contributed by atoms with Gasteiger partial charge in [-0.3, -0.25) is 9.59 Å². The number of fused-ring (bicyclic) bond motifs is 1. The summed E-state index contributed by atoms with van der Waals surface area (Å²) in [6.45, 7) is 5.44. The third-order valence-corrected chi connectivity index (χ3v) is 3.25. The number of halogens is 1. The van der Waals surface area contributed by atoms with E-state index in [1.165, 1.54) is 0 Å². The first kappa shape index (κ1) is 25.7. The highest BCUT2D eigenvalue weighted by Crippen LogP contribution is 2.35. The minimum absolute atomic E-state index is 0. The van der Waals surface area contributed by atoms with Crippen molar-refractivity contribution in [3.05, 3.63) is 35.4 Å². The maximum absolute atomic E-state index is 9.59. The van der Waals surface area contributed by atoms with Crippen LogP contribution in [-0.4, -0.2) is 32.4 Å². The molecule has 0 radical (unpaired) electrons. The molecule has 0 saturated heterocycles. The van der Waals surface area contributed by atoms with E-state index in [9.17, 15) is 19.8 Å². The maximum atomic E-state index is 9.59. The van der Waals surface area contributed by atoms with E-state index in [4.69, 9.17) is 15.9 Å². The quantitative estimate of drug-likeness (QED) is 0.508. The molecule has 0 aliphatic rings. The summed E-state index contributed by atoms with van der Waals surface area (Å²) in [4.78, 5) is 18.7. The van der Waals surface area contributed by atoms with E-state index >= 15 is 0 Å². The first-order valence-electron chi connectivity index (χ1n) is 7.75. The van der Waals surface area contributed by atoms with Crippen LogP contribution in [0.1, 0.15) is 37.8 Å². The number of carboxylic acids is 2. The molecule has 0 heterocycles. The number of benzene rings is 2. The van der Waals surface area contributed by atoms with Crippen LogP contribution in [0.15, 0.2) is 24.3 Å². The predicted octanol–water partition coefficient (Wildman–Crippen LogP) is 3.40. The lowest BCUT2D eigenvalue weighted by Gasteiger charge is -2.08. The number of aromatic hydroxyl groups is 2. The molecule has 26 heavy (non-hydrogen) atoms. The van der Waals surface area contributed by atoms with Gasteiger partial charge in [-0.2, -0.15) is 0 Å². The molecule has 0 aliphatic carbocycles. The molecule has 0 aromatic heterocycles. The highest BCUT2D eigenvalue weighted by molar-refractivity contribution is 5.90. The molecule has 6 N–H and O–H groups in total. The van der Waals surface area contributed by atoms with Gasteiger partial charge in [-0.05, 0) is 35.4 Å². The van der Waals surface area contributed by atoms with Gasteiger partial charge in [0.15, 0.2) is 11.5 Å². The van der Waals surface area contributed by atoms with Crippen LogP contribution in [-0.2, 0) is 16.1 Å². The van der Waals surface area contributed by atoms with Crippen LogP contribution >= 0.6 is 12.4 Å². The van der Waals surface area contributed by atoms with Gasteiger partial charge in [0.05, 0.1) is 0 Å². The third-order valence-electron chi connectivity index (χ3n) is 3.25. The average molecular weight is 388 g/mol. The molecule has 2 rings (SSSR count). The second-order valence-electron chi connectivity index (χ2n) is 5.12. The zero-order valence-electron chi connectivity index (χ0n) is 15.0. The van der Waals surface area contributed by atoms with Crippen LogP contribution in [0.3, 0.4) is 0 Å². The van der Waals surface area contributed by atoms with Crippen molar-refractivity contribution in [3.63, 3.8) is 0 Å². The van der Waals surface area contributed by atoms with Crippen molar-refractivity contribution in [1.82, 2.24) is 0 Å². The van der Waals surface area contributed by atoms with Gasteiger partial charge in [0.2, 0.25) is 0 Å². The summed E-state index contributed by atoms with van der Waals surface area (Å²) >= 11 is 0. The first-order valence-corrected chi connectivity index (χ1v) is 7.75. The normalized spacial score (nSPS) is 9.08. The molecule has 0 saturated carbocycles. The van der Waals surface area contributed by atoms with Crippen molar-refractivity contribution in [1.29, 1.82) is 0 Å². The number of phenolic OH excluding ortho intramolecular Hbond substituents is 2. The number of aryl methyl sites for hydroxylation is 1. The van der Waals surface area contributed by atoms with Gasteiger partial charge < -0.3 is 26.2 Å². The molecule has 2 aromatic carbocycles. The lowest BCUT2D eigenvalue weighted by molar-refractivity contribution is -0.137. The Labute approximate surface area is 158 Å². The molecule has 146 valence electrons. The second kappa shape index (κ2) is 12.8. The number of aliphatic carboxylic acids is 2. The van der Waals surface area contributed by atoms with E-state index in [0.717, 1.165) is 16.3 Å². The number of carbonyl (C=O) groups is 2. The molecule has 2 aromatic rings. The predicted molar refractivity (Wildman–Crippen MR) is 103 cm³/mol. The number of phenols is 2. The van der Waals surface area contributed by atoms with Crippen molar-refractivity contribution in [2.75, 3.05) is 0 Å². The number of rotatable bonds is 3. The Bertz CT molecular complexity index is 719. The van der Waals surface area contributed by atoms with Gasteiger partial charge in [0, 0.05) is 24.9 Å². The Balaban J connectivity index is 0. The van der Waals surface area contributed by atoms with Crippen LogP contribution in [0.25, 0.3) is 10.8 Å². The minimum atomic E-state index is -0.745. The van der Waals surface area contributed by atoms with Crippen molar-refractivity contribution in [2.24, 2.45) is 5.73 Å².